The highest BCUT2D eigenvalue weighted by atomic mass is 31.2. The summed E-state index contributed by atoms with van der Waals surface area (Å²) >= 11 is 0. The van der Waals surface area contributed by atoms with Crippen LogP contribution in [0.1, 0.15) is 22.4 Å². The van der Waals surface area contributed by atoms with Crippen LogP contribution in [-0.4, -0.2) is 15.0 Å². The van der Waals surface area contributed by atoms with E-state index in [2.05, 4.69) is 20.7 Å². The number of phosphoric ester groups is 1. The maximum Gasteiger partial charge on any atom is 0.285 e. The fraction of sp³-hybridized carbons (Fsp3) is 0.130. The van der Waals surface area contributed by atoms with Gasteiger partial charge in [0.2, 0.25) is 5.88 Å². The van der Waals surface area contributed by atoms with E-state index in [1.165, 1.54) is 10.8 Å². The van der Waals surface area contributed by atoms with Crippen molar-refractivity contribution in [2.24, 2.45) is 0 Å². The molecule has 1 aromatic carbocycles. The number of benzene rings is 1. The first-order valence-corrected chi connectivity index (χ1v) is 11.8. The Labute approximate surface area is 200 Å². The van der Waals surface area contributed by atoms with Gasteiger partial charge in [-0.05, 0) is 35.4 Å². The number of anilines is 1. The number of aromatic nitrogens is 3. The molecule has 4 rings (SSSR count). The molecule has 0 aliphatic heterocycles. The first-order chi connectivity index (χ1) is 16.8. The number of nitriles is 1. The van der Waals surface area contributed by atoms with Gasteiger partial charge in [-0.2, -0.15) is 5.26 Å². The molecule has 0 spiro atoms. The van der Waals surface area contributed by atoms with Gasteiger partial charge in [0, 0.05) is 24.8 Å². The van der Waals surface area contributed by atoms with Crippen molar-refractivity contribution in [3.05, 3.63) is 89.4 Å². The van der Waals surface area contributed by atoms with Crippen LogP contribution in [0.5, 0.6) is 5.88 Å². The van der Waals surface area contributed by atoms with Crippen molar-refractivity contribution in [3.8, 4) is 23.3 Å². The number of hydrogen-bond donors (Lipinski definition) is 2. The van der Waals surface area contributed by atoms with Crippen molar-refractivity contribution in [2.75, 3.05) is 5.73 Å². The van der Waals surface area contributed by atoms with Gasteiger partial charge in [-0.25, -0.2) is 9.55 Å². The Morgan fingerprint density at radius 2 is 1.97 bits per heavy atom. The quantitative estimate of drug-likeness (QED) is 0.260. The Kier molecular flexibility index (Phi) is 7.19. The van der Waals surface area contributed by atoms with Gasteiger partial charge < -0.3 is 19.0 Å². The average Bonchev–Trinajstić information content (AvgIpc) is 3.31. The number of nitrogens with two attached hydrogens (primary N) is 1. The van der Waals surface area contributed by atoms with Crippen LogP contribution in [0.25, 0.3) is 11.3 Å². The normalized spacial score (nSPS) is 12.6. The minimum absolute atomic E-state index is 0.175. The molecule has 178 valence electrons. The van der Waals surface area contributed by atoms with Gasteiger partial charge in [0.1, 0.15) is 12.2 Å². The zero-order valence-corrected chi connectivity index (χ0v) is 19.2. The van der Waals surface area contributed by atoms with Crippen LogP contribution in [0.15, 0.2) is 71.5 Å². The van der Waals surface area contributed by atoms with Crippen molar-refractivity contribution < 1.29 is 32.7 Å². The standard InChI is InChI=1S/C23H20N5O6P/c24-12-16-3-5-17(6-4-16)14-32-22-8-7-18(13-26-22)10-19-11-21(34-27-19)20-2-1-9-28(23(20)25)15-33-35(29,30)31/h1-9,11,13,25H,10,14-15H2,(H2,29,30,31). The van der Waals surface area contributed by atoms with Crippen LogP contribution in [0, 0.1) is 11.3 Å². The summed E-state index contributed by atoms with van der Waals surface area (Å²) < 4.78 is 27.7. The van der Waals surface area contributed by atoms with Crippen molar-refractivity contribution in [2.45, 2.75) is 19.8 Å². The monoisotopic (exact) mass is 493 g/mol. The number of pyridine rings is 2. The zero-order valence-electron chi connectivity index (χ0n) is 18.3. The Morgan fingerprint density at radius 3 is 2.66 bits per heavy atom. The first kappa shape index (κ1) is 24.1. The Hall–Kier alpha value is -4.07. The van der Waals surface area contributed by atoms with E-state index in [-0.39, 0.29) is 5.82 Å². The van der Waals surface area contributed by atoms with E-state index in [4.69, 9.17) is 25.1 Å². The molecule has 0 aliphatic rings. The SMILES string of the molecule is N#Cc1ccc(COc2ccc(Cc3cc(-c4ccc[n+](COP(=O)([O-])O)c4N)on3)cn2)cc1. The van der Waals surface area contributed by atoms with Crippen LogP contribution in [0.3, 0.4) is 0 Å². The minimum Gasteiger partial charge on any atom is -0.756 e. The average molecular weight is 493 g/mol. The smallest absolute Gasteiger partial charge is 0.285 e. The van der Waals surface area contributed by atoms with E-state index in [1.54, 1.807) is 42.6 Å². The van der Waals surface area contributed by atoms with Crippen LogP contribution in [0.4, 0.5) is 5.82 Å². The summed E-state index contributed by atoms with van der Waals surface area (Å²) in [7, 11) is -4.89. The summed E-state index contributed by atoms with van der Waals surface area (Å²) in [6.07, 6.45) is 3.63. The Balaban J connectivity index is 1.38. The molecule has 1 atom stereocenters. The van der Waals surface area contributed by atoms with Crippen LogP contribution in [0.2, 0.25) is 0 Å². The second-order valence-corrected chi connectivity index (χ2v) is 8.66. The third-order valence-electron chi connectivity index (χ3n) is 4.95. The van der Waals surface area contributed by atoms with E-state index in [0.717, 1.165) is 11.1 Å². The molecular formula is C23H20N5O6P. The lowest BCUT2D eigenvalue weighted by atomic mass is 10.1. The zero-order chi connectivity index (χ0) is 24.8. The van der Waals surface area contributed by atoms with Crippen LogP contribution in [-0.2, 0) is 28.8 Å². The van der Waals surface area contributed by atoms with Crippen molar-refractivity contribution in [1.29, 1.82) is 5.26 Å². The highest BCUT2D eigenvalue weighted by Gasteiger charge is 2.18. The van der Waals surface area contributed by atoms with Crippen LogP contribution >= 0.6 is 7.82 Å². The molecule has 0 amide bonds. The van der Waals surface area contributed by atoms with Gasteiger partial charge in [0.25, 0.3) is 13.6 Å². The van der Waals surface area contributed by atoms with Crippen molar-refractivity contribution >= 4 is 13.6 Å². The molecule has 11 nitrogen and oxygen atoms in total. The Morgan fingerprint density at radius 1 is 1.20 bits per heavy atom. The van der Waals surface area contributed by atoms with Gasteiger partial charge in [-0.1, -0.05) is 23.4 Å². The summed E-state index contributed by atoms with van der Waals surface area (Å²) in [5, 5.41) is 12.9. The predicted octanol–water partition coefficient (Wildman–Crippen LogP) is 2.08. The van der Waals surface area contributed by atoms with E-state index in [1.807, 2.05) is 18.2 Å². The topological polar surface area (TPSA) is 171 Å². The summed E-state index contributed by atoms with van der Waals surface area (Å²) in [6, 6.07) is 17.9. The Bertz CT molecular complexity index is 1390. The molecule has 0 radical (unpaired) electrons. The molecule has 12 heteroatoms. The second kappa shape index (κ2) is 10.5. The molecular weight excluding hydrogens is 473 g/mol. The van der Waals surface area contributed by atoms with E-state index >= 15 is 0 Å². The first-order valence-electron chi connectivity index (χ1n) is 10.3. The summed E-state index contributed by atoms with van der Waals surface area (Å²) in [5.74, 6) is 1.03. The minimum atomic E-state index is -4.89. The molecule has 1 unspecified atom stereocenters. The third kappa shape index (κ3) is 6.50. The molecule has 0 saturated heterocycles. The van der Waals surface area contributed by atoms with Crippen molar-refractivity contribution in [3.63, 3.8) is 0 Å². The maximum absolute atomic E-state index is 10.8. The fourth-order valence-corrected chi connectivity index (χ4v) is 3.45. The lowest BCUT2D eigenvalue weighted by Gasteiger charge is -2.14. The van der Waals surface area contributed by atoms with Crippen molar-refractivity contribution in [1.82, 2.24) is 10.1 Å². The lowest BCUT2D eigenvalue weighted by molar-refractivity contribution is -0.712. The number of nitrogens with zero attached hydrogens (tertiary/aromatic N) is 4. The van der Waals surface area contributed by atoms with Gasteiger partial charge in [0.15, 0.2) is 12.5 Å². The molecule has 0 fully saturated rings. The number of rotatable bonds is 9. The summed E-state index contributed by atoms with van der Waals surface area (Å²) in [6.45, 7) is -0.151. The van der Waals surface area contributed by atoms with Gasteiger partial charge in [0.05, 0.1) is 23.5 Å². The van der Waals surface area contributed by atoms with Gasteiger partial charge in [-0.15, -0.1) is 0 Å². The van der Waals surface area contributed by atoms with Crippen LogP contribution < -0.4 is 19.9 Å². The van der Waals surface area contributed by atoms with E-state index < -0.39 is 14.6 Å². The lowest BCUT2D eigenvalue weighted by Crippen LogP contribution is -2.38. The van der Waals surface area contributed by atoms with Gasteiger partial charge >= 0.3 is 0 Å². The molecule has 3 N–H and O–H groups in total. The van der Waals surface area contributed by atoms with E-state index in [0.29, 0.717) is 41.5 Å². The molecule has 3 aromatic heterocycles. The molecule has 0 saturated carbocycles. The number of nitrogen functional groups attached to an aromatic ring is 1. The molecule has 35 heavy (non-hydrogen) atoms. The fourth-order valence-electron chi connectivity index (χ4n) is 3.18. The number of ether oxygens (including phenoxy) is 1. The summed E-state index contributed by atoms with van der Waals surface area (Å²) in [5.41, 5.74) is 9.62. The number of hydrogen-bond acceptors (Lipinski definition) is 9. The maximum atomic E-state index is 10.8. The molecule has 4 aromatic rings. The highest BCUT2D eigenvalue weighted by molar-refractivity contribution is 7.44. The summed E-state index contributed by atoms with van der Waals surface area (Å²) in [4.78, 5) is 24.0. The third-order valence-corrected chi connectivity index (χ3v) is 5.39. The molecule has 3 heterocycles. The number of phosphoric acid groups is 1. The largest absolute Gasteiger partial charge is 0.756 e. The molecule has 0 bridgehead atoms. The van der Waals surface area contributed by atoms with Gasteiger partial charge in [-0.3, -0.25) is 14.8 Å². The second-order valence-electron chi connectivity index (χ2n) is 7.47. The predicted molar refractivity (Wildman–Crippen MR) is 120 cm³/mol. The molecule has 0 aliphatic carbocycles. The highest BCUT2D eigenvalue weighted by Crippen LogP contribution is 2.30. The van der Waals surface area contributed by atoms with E-state index in [9.17, 15) is 9.46 Å².